The van der Waals surface area contributed by atoms with E-state index in [9.17, 15) is 4.79 Å². The van der Waals surface area contributed by atoms with Gasteiger partial charge < -0.3 is 10.0 Å². The molecule has 1 aromatic carbocycles. The number of fused-ring (bicyclic) bond motifs is 1. The van der Waals surface area contributed by atoms with Gasteiger partial charge in [-0.1, -0.05) is 13.0 Å². The molecule has 1 aliphatic carbocycles. The predicted octanol–water partition coefficient (Wildman–Crippen LogP) is 2.72. The average molecular weight is 247 g/mol. The normalized spacial score (nSPS) is 15.2. The van der Waals surface area contributed by atoms with E-state index in [1.54, 1.807) is 6.92 Å². The van der Waals surface area contributed by atoms with E-state index < -0.39 is 5.97 Å². The second-order valence-corrected chi connectivity index (χ2v) is 5.26. The summed E-state index contributed by atoms with van der Waals surface area (Å²) in [5.74, 6) is -0.987. The van der Waals surface area contributed by atoms with Crippen LogP contribution in [0.5, 0.6) is 0 Å². The fourth-order valence-electron chi connectivity index (χ4n) is 2.44. The number of hydrogen-bond donors (Lipinski definition) is 1. The highest BCUT2D eigenvalue weighted by Crippen LogP contribution is 2.26. The molecule has 0 saturated heterocycles. The van der Waals surface area contributed by atoms with Crippen molar-refractivity contribution in [3.8, 4) is 0 Å². The third-order valence-corrected chi connectivity index (χ3v) is 3.84. The molecule has 0 heterocycles. The molecule has 3 nitrogen and oxygen atoms in total. The lowest BCUT2D eigenvalue weighted by molar-refractivity contribution is -0.141. The maximum atomic E-state index is 10.8. The molecule has 1 atom stereocenters. The number of aryl methyl sites for hydroxylation is 2. The number of anilines is 1. The van der Waals surface area contributed by atoms with Crippen LogP contribution in [0.4, 0.5) is 5.69 Å². The molecule has 1 N–H and O–H groups in total. The van der Waals surface area contributed by atoms with Crippen molar-refractivity contribution in [1.29, 1.82) is 0 Å². The summed E-state index contributed by atoms with van der Waals surface area (Å²) in [5.41, 5.74) is 4.14. The number of benzene rings is 1. The molecule has 0 aromatic heterocycles. The van der Waals surface area contributed by atoms with Gasteiger partial charge >= 0.3 is 5.97 Å². The van der Waals surface area contributed by atoms with Crippen molar-refractivity contribution in [2.24, 2.45) is 5.92 Å². The molecule has 0 radical (unpaired) electrons. The summed E-state index contributed by atoms with van der Waals surface area (Å²) in [6.45, 7) is 2.55. The zero-order valence-corrected chi connectivity index (χ0v) is 11.1. The number of aliphatic carboxylic acids is 1. The number of carbonyl (C=O) groups is 1. The highest BCUT2D eigenvalue weighted by molar-refractivity contribution is 5.69. The first-order valence-corrected chi connectivity index (χ1v) is 6.63. The molecule has 1 aromatic rings. The van der Waals surface area contributed by atoms with Crippen LogP contribution < -0.4 is 4.90 Å². The van der Waals surface area contributed by atoms with Crippen molar-refractivity contribution in [1.82, 2.24) is 0 Å². The third kappa shape index (κ3) is 2.84. The molecule has 2 rings (SSSR count). The van der Waals surface area contributed by atoms with Gasteiger partial charge in [0.2, 0.25) is 0 Å². The summed E-state index contributed by atoms with van der Waals surface area (Å²) in [5, 5.41) is 8.87. The molecule has 0 amide bonds. The minimum Gasteiger partial charge on any atom is -0.481 e. The maximum absolute atomic E-state index is 10.8. The largest absolute Gasteiger partial charge is 0.481 e. The van der Waals surface area contributed by atoms with Crippen LogP contribution in [-0.4, -0.2) is 24.7 Å². The van der Waals surface area contributed by atoms with Crippen molar-refractivity contribution in [2.75, 3.05) is 18.5 Å². The topological polar surface area (TPSA) is 40.5 Å². The van der Waals surface area contributed by atoms with Gasteiger partial charge in [0.15, 0.2) is 0 Å². The Labute approximate surface area is 108 Å². The molecular formula is C15H21NO2. The summed E-state index contributed by atoms with van der Waals surface area (Å²) in [7, 11) is 2.03. The number of hydrogen-bond acceptors (Lipinski definition) is 2. The lowest BCUT2D eigenvalue weighted by atomic mass is 10.1. The molecule has 18 heavy (non-hydrogen) atoms. The molecule has 0 bridgehead atoms. The van der Waals surface area contributed by atoms with Crippen LogP contribution in [0.15, 0.2) is 18.2 Å². The Hall–Kier alpha value is -1.51. The van der Waals surface area contributed by atoms with Crippen LogP contribution in [0.2, 0.25) is 0 Å². The van der Waals surface area contributed by atoms with Crippen LogP contribution >= 0.6 is 0 Å². The second kappa shape index (κ2) is 5.42. The van der Waals surface area contributed by atoms with Crippen LogP contribution in [0.25, 0.3) is 0 Å². The molecule has 0 saturated carbocycles. The fourth-order valence-corrected chi connectivity index (χ4v) is 2.44. The van der Waals surface area contributed by atoms with E-state index in [1.165, 1.54) is 36.1 Å². The van der Waals surface area contributed by atoms with Crippen molar-refractivity contribution in [3.05, 3.63) is 29.3 Å². The number of nitrogens with zero attached hydrogens (tertiary/aromatic N) is 1. The smallest absolute Gasteiger partial charge is 0.306 e. The highest BCUT2D eigenvalue weighted by atomic mass is 16.4. The average Bonchev–Trinajstić information content (AvgIpc) is 2.82. The summed E-state index contributed by atoms with van der Waals surface area (Å²) < 4.78 is 0. The summed E-state index contributed by atoms with van der Waals surface area (Å²) in [4.78, 5) is 12.9. The van der Waals surface area contributed by atoms with Crippen LogP contribution in [-0.2, 0) is 17.6 Å². The Morgan fingerprint density at radius 2 is 2.11 bits per heavy atom. The van der Waals surface area contributed by atoms with Crippen molar-refractivity contribution < 1.29 is 9.90 Å². The van der Waals surface area contributed by atoms with E-state index >= 15 is 0 Å². The molecular weight excluding hydrogens is 226 g/mol. The fraction of sp³-hybridized carbons (Fsp3) is 0.533. The van der Waals surface area contributed by atoms with E-state index in [-0.39, 0.29) is 5.92 Å². The number of carboxylic acids is 1. The second-order valence-electron chi connectivity index (χ2n) is 5.26. The minimum atomic E-state index is -0.711. The third-order valence-electron chi connectivity index (χ3n) is 3.84. The number of rotatable bonds is 5. The SMILES string of the molecule is CC(CCN(C)c1ccc2c(c1)CCC2)C(=O)O. The summed E-state index contributed by atoms with van der Waals surface area (Å²) in [6.07, 6.45) is 4.33. The zero-order valence-electron chi connectivity index (χ0n) is 11.1. The van der Waals surface area contributed by atoms with E-state index in [0.717, 1.165) is 6.54 Å². The van der Waals surface area contributed by atoms with E-state index in [4.69, 9.17) is 5.11 Å². The molecule has 1 aliphatic rings. The van der Waals surface area contributed by atoms with Crippen LogP contribution in [0.1, 0.15) is 30.9 Å². The lowest BCUT2D eigenvalue weighted by Gasteiger charge is -2.21. The minimum absolute atomic E-state index is 0.276. The maximum Gasteiger partial charge on any atom is 0.306 e. The summed E-state index contributed by atoms with van der Waals surface area (Å²) in [6, 6.07) is 6.62. The van der Waals surface area contributed by atoms with Gasteiger partial charge in [-0.05, 0) is 48.9 Å². The first-order chi connectivity index (χ1) is 8.58. The van der Waals surface area contributed by atoms with E-state index in [0.29, 0.717) is 6.42 Å². The highest BCUT2D eigenvalue weighted by Gasteiger charge is 2.14. The number of carboxylic acid groups (broad SMARTS) is 1. The van der Waals surface area contributed by atoms with E-state index in [2.05, 4.69) is 23.1 Å². The molecule has 0 fully saturated rings. The molecule has 0 spiro atoms. The van der Waals surface area contributed by atoms with Crippen molar-refractivity contribution in [3.63, 3.8) is 0 Å². The van der Waals surface area contributed by atoms with Gasteiger partial charge in [0.25, 0.3) is 0 Å². The van der Waals surface area contributed by atoms with Gasteiger partial charge in [-0.25, -0.2) is 0 Å². The standard InChI is InChI=1S/C15H21NO2/c1-11(15(17)18)8-9-16(2)14-7-6-12-4-3-5-13(12)10-14/h6-7,10-11H,3-5,8-9H2,1-2H3,(H,17,18). The van der Waals surface area contributed by atoms with Gasteiger partial charge in [0, 0.05) is 19.3 Å². The monoisotopic (exact) mass is 247 g/mol. The quantitative estimate of drug-likeness (QED) is 0.869. The van der Waals surface area contributed by atoms with Crippen molar-refractivity contribution >= 4 is 11.7 Å². The Balaban J connectivity index is 1.97. The predicted molar refractivity (Wildman–Crippen MR) is 73.2 cm³/mol. The Kier molecular flexibility index (Phi) is 3.90. The van der Waals surface area contributed by atoms with Gasteiger partial charge in [0.05, 0.1) is 5.92 Å². The van der Waals surface area contributed by atoms with E-state index in [1.807, 2.05) is 7.05 Å². The van der Waals surface area contributed by atoms with Crippen molar-refractivity contribution in [2.45, 2.75) is 32.6 Å². The van der Waals surface area contributed by atoms with Crippen LogP contribution in [0, 0.1) is 5.92 Å². The first-order valence-electron chi connectivity index (χ1n) is 6.63. The molecule has 3 heteroatoms. The molecule has 0 aliphatic heterocycles. The van der Waals surface area contributed by atoms with Gasteiger partial charge in [0.1, 0.15) is 0 Å². The van der Waals surface area contributed by atoms with Gasteiger partial charge in [-0.3, -0.25) is 4.79 Å². The Morgan fingerprint density at radius 3 is 2.83 bits per heavy atom. The van der Waals surface area contributed by atoms with Gasteiger partial charge in [-0.2, -0.15) is 0 Å². The zero-order chi connectivity index (χ0) is 13.1. The molecule has 1 unspecified atom stereocenters. The Bertz CT molecular complexity index is 442. The molecule has 98 valence electrons. The van der Waals surface area contributed by atoms with Crippen LogP contribution in [0.3, 0.4) is 0 Å². The first kappa shape index (κ1) is 12.9. The van der Waals surface area contributed by atoms with Gasteiger partial charge in [-0.15, -0.1) is 0 Å². The summed E-state index contributed by atoms with van der Waals surface area (Å²) >= 11 is 0. The lowest BCUT2D eigenvalue weighted by Crippen LogP contribution is -2.23. The Morgan fingerprint density at radius 1 is 1.39 bits per heavy atom.